The minimum atomic E-state index is -2.74. The molecule has 0 aliphatic carbocycles. The van der Waals surface area contributed by atoms with Gasteiger partial charge in [-0.2, -0.15) is 0 Å². The monoisotopic (exact) mass is 573 g/mol. The summed E-state index contributed by atoms with van der Waals surface area (Å²) in [5.74, 6) is -0.408. The fourth-order valence-corrected chi connectivity index (χ4v) is 5.54. The predicted octanol–water partition coefficient (Wildman–Crippen LogP) is 1.21. The van der Waals surface area contributed by atoms with E-state index in [0.717, 1.165) is 38.1 Å². The highest BCUT2D eigenvalue weighted by atomic mass is 16.5. The van der Waals surface area contributed by atoms with Gasteiger partial charge in [0.25, 0.3) is 0 Å². The molecule has 0 radical (unpaired) electrons. The van der Waals surface area contributed by atoms with Crippen molar-refractivity contribution < 1.29 is 49.4 Å². The second-order valence-electron chi connectivity index (χ2n) is 10.3. The number of imidazole rings is 1. The summed E-state index contributed by atoms with van der Waals surface area (Å²) in [5, 5.41) is 45.1. The predicted molar refractivity (Wildman–Crippen MR) is 143 cm³/mol. The minimum Gasteiger partial charge on any atom is -0.493 e. The van der Waals surface area contributed by atoms with Gasteiger partial charge in [-0.15, -0.1) is 6.42 Å². The van der Waals surface area contributed by atoms with Crippen LogP contribution in [0.2, 0.25) is 0 Å². The summed E-state index contributed by atoms with van der Waals surface area (Å²) in [4.78, 5) is 37.4. The number of fused-ring (bicyclic) bond motifs is 2. The van der Waals surface area contributed by atoms with Crippen LogP contribution in [-0.4, -0.2) is 89.3 Å². The number of rotatable bonds is 11. The van der Waals surface area contributed by atoms with E-state index in [-0.39, 0.29) is 6.61 Å². The highest BCUT2D eigenvalue weighted by Gasteiger charge is 2.49. The van der Waals surface area contributed by atoms with Gasteiger partial charge in [-0.1, -0.05) is 12.0 Å². The van der Waals surface area contributed by atoms with Crippen LogP contribution in [0.1, 0.15) is 49.9 Å². The first-order valence-corrected chi connectivity index (χ1v) is 12.9. The van der Waals surface area contributed by atoms with Crippen molar-refractivity contribution in [2.24, 2.45) is 7.05 Å². The van der Waals surface area contributed by atoms with Gasteiger partial charge in [-0.3, -0.25) is 14.5 Å². The van der Waals surface area contributed by atoms with Crippen molar-refractivity contribution in [1.29, 1.82) is 0 Å². The summed E-state index contributed by atoms with van der Waals surface area (Å²) in [5.41, 5.74) is -2.41. The lowest BCUT2D eigenvalue weighted by atomic mass is 9.85. The summed E-state index contributed by atoms with van der Waals surface area (Å²) in [7, 11) is 3.59. The number of carboxylic acids is 3. The SMILES string of the molecule is C#CCOc1ccc(CN2C3CCC2CC(O)(c2nccn2C)C3)cc1OC.O=C(O)CC(O)(CC(=O)O)C(=O)O. The number of aryl methyl sites for hydroxylation is 1. The number of carbonyl (C=O) groups is 3. The summed E-state index contributed by atoms with van der Waals surface area (Å²) >= 11 is 0. The van der Waals surface area contributed by atoms with E-state index in [0.29, 0.717) is 23.6 Å². The first-order chi connectivity index (χ1) is 19.3. The van der Waals surface area contributed by atoms with Crippen molar-refractivity contribution in [2.45, 2.75) is 68.4 Å². The fraction of sp³-hybridized carbons (Fsp3) is 0.500. The number of aliphatic hydroxyl groups is 2. The Hall–Kier alpha value is -4.12. The number of carboxylic acid groups (broad SMARTS) is 3. The van der Waals surface area contributed by atoms with Crippen molar-refractivity contribution in [3.05, 3.63) is 42.0 Å². The third kappa shape index (κ3) is 7.55. The maximum absolute atomic E-state index is 11.3. The van der Waals surface area contributed by atoms with E-state index >= 15 is 0 Å². The number of aliphatic carboxylic acids is 3. The molecule has 222 valence electrons. The molecule has 13 heteroatoms. The van der Waals surface area contributed by atoms with Crippen LogP contribution < -0.4 is 9.47 Å². The molecule has 13 nitrogen and oxygen atoms in total. The van der Waals surface area contributed by atoms with Crippen LogP contribution >= 0.6 is 0 Å². The smallest absolute Gasteiger partial charge is 0.336 e. The van der Waals surface area contributed by atoms with Gasteiger partial charge in [-0.25, -0.2) is 9.78 Å². The van der Waals surface area contributed by atoms with Crippen LogP contribution in [0, 0.1) is 12.3 Å². The molecule has 2 aliphatic heterocycles. The Morgan fingerprint density at radius 1 is 1.12 bits per heavy atom. The molecule has 2 atom stereocenters. The standard InChI is InChI=1S/C22H27N3O3.C6H8O7/c1-4-11-28-19-8-5-16(12-20(19)27-3)15-25-17-6-7-18(25)14-22(26,13-17)21-23-9-10-24(21)2;7-3(8)1-6(13,5(11)12)2-4(9)10/h1,5,8-10,12,17-18,26H,6-7,11,13-15H2,2-3H3;13H,1-2H2,(H,7,8)(H,9,10)(H,11,12). The lowest BCUT2D eigenvalue weighted by Gasteiger charge is -2.43. The Kier molecular flexibility index (Phi) is 9.98. The average Bonchev–Trinajstić information content (AvgIpc) is 3.43. The van der Waals surface area contributed by atoms with Crippen LogP contribution in [0.15, 0.2) is 30.6 Å². The Balaban J connectivity index is 0.000000302. The molecular formula is C28H35N3O10. The van der Waals surface area contributed by atoms with Crippen LogP contribution in [-0.2, 0) is 33.6 Å². The van der Waals surface area contributed by atoms with Gasteiger partial charge in [0.05, 0.1) is 20.0 Å². The lowest BCUT2D eigenvalue weighted by molar-refractivity contribution is -0.170. The largest absolute Gasteiger partial charge is 0.493 e. The van der Waals surface area contributed by atoms with Crippen molar-refractivity contribution >= 4 is 17.9 Å². The normalized spacial score (nSPS) is 21.7. The molecule has 4 rings (SSSR count). The molecule has 2 aliphatic rings. The van der Waals surface area contributed by atoms with Gasteiger partial charge >= 0.3 is 17.9 Å². The number of nitrogens with zero attached hydrogens (tertiary/aromatic N) is 3. The molecule has 2 fully saturated rings. The minimum absolute atomic E-state index is 0.220. The van der Waals surface area contributed by atoms with E-state index < -0.39 is 42.0 Å². The molecule has 2 bridgehead atoms. The van der Waals surface area contributed by atoms with Crippen LogP contribution in [0.5, 0.6) is 11.5 Å². The molecule has 1 aromatic heterocycles. The van der Waals surface area contributed by atoms with Gasteiger partial charge in [-0.05, 0) is 43.4 Å². The zero-order valence-corrected chi connectivity index (χ0v) is 22.9. The Labute approximate surface area is 236 Å². The number of benzene rings is 1. The van der Waals surface area contributed by atoms with Crippen molar-refractivity contribution in [1.82, 2.24) is 14.5 Å². The van der Waals surface area contributed by atoms with Gasteiger partial charge in [0, 0.05) is 38.1 Å². The summed E-state index contributed by atoms with van der Waals surface area (Å²) in [6.45, 7) is 1.05. The van der Waals surface area contributed by atoms with Crippen molar-refractivity contribution in [3.8, 4) is 23.8 Å². The number of ether oxygens (including phenoxy) is 2. The van der Waals surface area contributed by atoms with E-state index in [4.69, 9.17) is 36.3 Å². The number of methoxy groups -OCH3 is 1. The first-order valence-electron chi connectivity index (χ1n) is 12.9. The van der Waals surface area contributed by atoms with Gasteiger partial charge in [0.15, 0.2) is 17.1 Å². The van der Waals surface area contributed by atoms with Crippen molar-refractivity contribution in [3.63, 3.8) is 0 Å². The summed E-state index contributed by atoms with van der Waals surface area (Å²) in [6.07, 6.45) is 10.3. The second-order valence-corrected chi connectivity index (χ2v) is 10.3. The first kappa shape index (κ1) is 31.4. The molecular weight excluding hydrogens is 538 g/mol. The Morgan fingerprint density at radius 3 is 2.20 bits per heavy atom. The highest BCUT2D eigenvalue weighted by Crippen LogP contribution is 2.46. The van der Waals surface area contributed by atoms with E-state index in [1.165, 1.54) is 5.56 Å². The van der Waals surface area contributed by atoms with Gasteiger partial charge in [0.2, 0.25) is 0 Å². The zero-order valence-electron chi connectivity index (χ0n) is 22.9. The molecule has 41 heavy (non-hydrogen) atoms. The van der Waals surface area contributed by atoms with Crippen LogP contribution in [0.4, 0.5) is 0 Å². The molecule has 2 saturated heterocycles. The number of hydrogen-bond acceptors (Lipinski definition) is 9. The molecule has 2 aromatic rings. The van der Waals surface area contributed by atoms with E-state index in [2.05, 4.69) is 21.9 Å². The van der Waals surface area contributed by atoms with E-state index in [9.17, 15) is 19.5 Å². The third-order valence-electron chi connectivity index (χ3n) is 7.34. The highest BCUT2D eigenvalue weighted by molar-refractivity contribution is 5.88. The summed E-state index contributed by atoms with van der Waals surface area (Å²) < 4.78 is 13.0. The molecule has 0 spiro atoms. The third-order valence-corrected chi connectivity index (χ3v) is 7.34. The van der Waals surface area contributed by atoms with Gasteiger partial charge < -0.3 is 39.6 Å². The van der Waals surface area contributed by atoms with Gasteiger partial charge in [0.1, 0.15) is 18.0 Å². The van der Waals surface area contributed by atoms with E-state index in [1.807, 2.05) is 29.9 Å². The Bertz CT molecular complexity index is 1270. The van der Waals surface area contributed by atoms with Crippen molar-refractivity contribution in [2.75, 3.05) is 13.7 Å². The zero-order chi connectivity index (χ0) is 30.4. The second kappa shape index (κ2) is 13.0. The number of aromatic nitrogens is 2. The Morgan fingerprint density at radius 2 is 1.73 bits per heavy atom. The number of piperidine rings is 1. The average molecular weight is 574 g/mol. The van der Waals surface area contributed by atoms with Crippen LogP contribution in [0.25, 0.3) is 0 Å². The van der Waals surface area contributed by atoms with E-state index in [1.54, 1.807) is 13.3 Å². The maximum Gasteiger partial charge on any atom is 0.336 e. The quantitative estimate of drug-likeness (QED) is 0.242. The molecule has 3 heterocycles. The number of terminal acetylenes is 1. The maximum atomic E-state index is 11.3. The summed E-state index contributed by atoms with van der Waals surface area (Å²) in [6, 6.07) is 6.70. The lowest BCUT2D eigenvalue weighted by Crippen LogP contribution is -2.50. The molecule has 5 N–H and O–H groups in total. The number of hydrogen-bond donors (Lipinski definition) is 5. The molecule has 1 aromatic carbocycles. The topological polar surface area (TPSA) is 192 Å². The molecule has 0 saturated carbocycles. The molecule has 2 unspecified atom stereocenters. The fourth-order valence-electron chi connectivity index (χ4n) is 5.54. The molecule has 0 amide bonds. The van der Waals surface area contributed by atoms with Crippen LogP contribution in [0.3, 0.4) is 0 Å².